The fraction of sp³-hybridized carbons (Fsp3) is 0.923. The maximum atomic E-state index is 5.47. The fourth-order valence-electron chi connectivity index (χ4n) is 1.75. The van der Waals surface area contributed by atoms with E-state index >= 15 is 0 Å². The predicted octanol–water partition coefficient (Wildman–Crippen LogP) is 3.35. The summed E-state index contributed by atoms with van der Waals surface area (Å²) >= 11 is 4.86. The Morgan fingerprint density at radius 2 is 1.56 bits per heavy atom. The molecular weight excluding hydrogens is 216 g/mol. The van der Waals surface area contributed by atoms with Crippen molar-refractivity contribution in [1.29, 1.82) is 0 Å². The minimum atomic E-state index is 0.631. The Balaban J connectivity index is 3.15. The number of rotatable bonds is 11. The van der Waals surface area contributed by atoms with Crippen LogP contribution in [0, 0.1) is 0 Å². The van der Waals surface area contributed by atoms with Crippen molar-refractivity contribution in [3.8, 4) is 0 Å². The lowest BCUT2D eigenvalue weighted by Crippen LogP contribution is -2.24. The van der Waals surface area contributed by atoms with E-state index in [-0.39, 0.29) is 0 Å². The van der Waals surface area contributed by atoms with Crippen molar-refractivity contribution < 1.29 is 0 Å². The molecule has 0 aromatic rings. The Hall–Kier alpha value is -0.150. The highest BCUT2D eigenvalue weighted by atomic mass is 32.1. The van der Waals surface area contributed by atoms with Crippen LogP contribution in [0.5, 0.6) is 0 Å². The van der Waals surface area contributed by atoms with Gasteiger partial charge >= 0.3 is 0 Å². The van der Waals surface area contributed by atoms with Crippen molar-refractivity contribution in [1.82, 2.24) is 4.90 Å². The van der Waals surface area contributed by atoms with Crippen LogP contribution in [0.4, 0.5) is 0 Å². The van der Waals surface area contributed by atoms with E-state index in [1.807, 2.05) is 0 Å². The summed E-state index contributed by atoms with van der Waals surface area (Å²) in [6.45, 7) is 4.44. The Morgan fingerprint density at radius 1 is 1.00 bits per heavy atom. The summed E-state index contributed by atoms with van der Waals surface area (Å²) in [6.07, 6.45) is 10.5. The van der Waals surface area contributed by atoms with E-state index in [0.29, 0.717) is 4.99 Å². The van der Waals surface area contributed by atoms with Crippen LogP contribution in [0.2, 0.25) is 0 Å². The van der Waals surface area contributed by atoms with E-state index in [4.69, 9.17) is 18.0 Å². The molecule has 0 saturated carbocycles. The van der Waals surface area contributed by atoms with Crippen LogP contribution in [0.15, 0.2) is 0 Å². The van der Waals surface area contributed by atoms with Gasteiger partial charge in [-0.1, -0.05) is 57.7 Å². The SMILES string of the molecule is CCCCCCCCCN(C)CCC(N)=S. The van der Waals surface area contributed by atoms with Crippen molar-refractivity contribution in [3.63, 3.8) is 0 Å². The van der Waals surface area contributed by atoms with Crippen LogP contribution in [-0.2, 0) is 0 Å². The smallest absolute Gasteiger partial charge is 0.0740 e. The van der Waals surface area contributed by atoms with E-state index in [0.717, 1.165) is 13.0 Å². The van der Waals surface area contributed by atoms with Crippen LogP contribution >= 0.6 is 12.2 Å². The van der Waals surface area contributed by atoms with E-state index in [1.165, 1.54) is 51.5 Å². The summed E-state index contributed by atoms with van der Waals surface area (Å²) in [6, 6.07) is 0. The number of thiocarbonyl (C=S) groups is 1. The van der Waals surface area contributed by atoms with Gasteiger partial charge in [0.15, 0.2) is 0 Å². The van der Waals surface area contributed by atoms with Gasteiger partial charge < -0.3 is 10.6 Å². The zero-order chi connectivity index (χ0) is 12.2. The summed E-state index contributed by atoms with van der Waals surface area (Å²) in [5, 5.41) is 0. The lowest BCUT2D eigenvalue weighted by atomic mass is 10.1. The molecule has 0 unspecified atom stereocenters. The van der Waals surface area contributed by atoms with Gasteiger partial charge in [-0.05, 0) is 20.0 Å². The second kappa shape index (κ2) is 11.3. The number of unbranched alkanes of at least 4 members (excludes halogenated alkanes) is 6. The molecule has 0 aromatic carbocycles. The maximum absolute atomic E-state index is 5.47. The van der Waals surface area contributed by atoms with Crippen LogP contribution in [-0.4, -0.2) is 30.0 Å². The van der Waals surface area contributed by atoms with Crippen molar-refractivity contribution in [2.75, 3.05) is 20.1 Å². The standard InChI is InChI=1S/C13H28N2S/c1-3-4-5-6-7-8-9-11-15(2)12-10-13(14)16/h3-12H2,1-2H3,(H2,14,16). The highest BCUT2D eigenvalue weighted by molar-refractivity contribution is 7.80. The van der Waals surface area contributed by atoms with Crippen LogP contribution in [0.25, 0.3) is 0 Å². The molecule has 3 heteroatoms. The van der Waals surface area contributed by atoms with Gasteiger partial charge in [0.25, 0.3) is 0 Å². The Morgan fingerprint density at radius 3 is 2.12 bits per heavy atom. The molecule has 0 atom stereocenters. The average Bonchev–Trinajstić information content (AvgIpc) is 2.25. The average molecular weight is 244 g/mol. The van der Waals surface area contributed by atoms with Gasteiger partial charge in [0.05, 0.1) is 4.99 Å². The van der Waals surface area contributed by atoms with Crippen LogP contribution in [0.3, 0.4) is 0 Å². The molecule has 0 heterocycles. The monoisotopic (exact) mass is 244 g/mol. The molecule has 0 fully saturated rings. The van der Waals surface area contributed by atoms with Gasteiger partial charge in [-0.15, -0.1) is 0 Å². The van der Waals surface area contributed by atoms with Gasteiger partial charge in [0, 0.05) is 13.0 Å². The predicted molar refractivity (Wildman–Crippen MR) is 76.9 cm³/mol. The third-order valence-corrected chi connectivity index (χ3v) is 3.09. The summed E-state index contributed by atoms with van der Waals surface area (Å²) in [7, 11) is 2.15. The highest BCUT2D eigenvalue weighted by Crippen LogP contribution is 2.07. The lowest BCUT2D eigenvalue weighted by Gasteiger charge is -2.15. The second-order valence-electron chi connectivity index (χ2n) is 4.64. The van der Waals surface area contributed by atoms with Gasteiger partial charge in [-0.2, -0.15) is 0 Å². The van der Waals surface area contributed by atoms with Crippen molar-refractivity contribution in [2.24, 2.45) is 5.73 Å². The number of nitrogens with zero attached hydrogens (tertiary/aromatic N) is 1. The first-order valence-corrected chi connectivity index (χ1v) is 7.04. The Labute approximate surface area is 107 Å². The fourth-order valence-corrected chi connectivity index (χ4v) is 1.84. The molecule has 2 N–H and O–H groups in total. The van der Waals surface area contributed by atoms with Crippen molar-refractivity contribution >= 4 is 17.2 Å². The summed E-state index contributed by atoms with van der Waals surface area (Å²) in [5.74, 6) is 0. The van der Waals surface area contributed by atoms with Gasteiger partial charge in [-0.25, -0.2) is 0 Å². The Bertz CT molecular complexity index is 171. The molecule has 0 rings (SSSR count). The molecule has 0 spiro atoms. The van der Waals surface area contributed by atoms with Crippen LogP contribution < -0.4 is 5.73 Å². The summed E-state index contributed by atoms with van der Waals surface area (Å²) in [4.78, 5) is 2.96. The van der Waals surface area contributed by atoms with E-state index in [2.05, 4.69) is 18.9 Å². The third-order valence-electron chi connectivity index (χ3n) is 2.88. The van der Waals surface area contributed by atoms with Crippen LogP contribution in [0.1, 0.15) is 58.3 Å². The number of hydrogen-bond acceptors (Lipinski definition) is 2. The number of nitrogens with two attached hydrogens (primary N) is 1. The zero-order valence-corrected chi connectivity index (χ0v) is 11.8. The molecule has 2 nitrogen and oxygen atoms in total. The van der Waals surface area contributed by atoms with Gasteiger partial charge in [-0.3, -0.25) is 0 Å². The normalized spacial score (nSPS) is 10.9. The topological polar surface area (TPSA) is 29.3 Å². The van der Waals surface area contributed by atoms with E-state index < -0.39 is 0 Å². The van der Waals surface area contributed by atoms with Gasteiger partial charge in [0.1, 0.15) is 0 Å². The minimum absolute atomic E-state index is 0.631. The molecule has 0 radical (unpaired) electrons. The van der Waals surface area contributed by atoms with Crippen molar-refractivity contribution in [2.45, 2.75) is 58.3 Å². The van der Waals surface area contributed by atoms with Gasteiger partial charge in [0.2, 0.25) is 0 Å². The largest absolute Gasteiger partial charge is 0.393 e. The summed E-state index contributed by atoms with van der Waals surface area (Å²) in [5.41, 5.74) is 5.47. The maximum Gasteiger partial charge on any atom is 0.0740 e. The van der Waals surface area contributed by atoms with E-state index in [1.54, 1.807) is 0 Å². The first kappa shape index (κ1) is 15.9. The first-order chi connectivity index (χ1) is 7.66. The lowest BCUT2D eigenvalue weighted by molar-refractivity contribution is 0.333. The van der Waals surface area contributed by atoms with E-state index in [9.17, 15) is 0 Å². The molecular formula is C13H28N2S. The Kier molecular flexibility index (Phi) is 11.2. The third kappa shape index (κ3) is 11.9. The molecule has 0 aliphatic heterocycles. The highest BCUT2D eigenvalue weighted by Gasteiger charge is 1.99. The second-order valence-corrected chi connectivity index (χ2v) is 5.17. The first-order valence-electron chi connectivity index (χ1n) is 6.63. The molecule has 0 aliphatic rings. The molecule has 96 valence electrons. The molecule has 16 heavy (non-hydrogen) atoms. The quantitative estimate of drug-likeness (QED) is 0.446. The molecule has 0 aliphatic carbocycles. The molecule has 0 aromatic heterocycles. The molecule has 0 bridgehead atoms. The minimum Gasteiger partial charge on any atom is -0.393 e. The molecule has 0 amide bonds. The zero-order valence-electron chi connectivity index (χ0n) is 11.0. The van der Waals surface area contributed by atoms with Crippen molar-refractivity contribution in [3.05, 3.63) is 0 Å². The molecule has 0 saturated heterocycles. The number of hydrogen-bond donors (Lipinski definition) is 1. The summed E-state index contributed by atoms with van der Waals surface area (Å²) < 4.78 is 0.